The summed E-state index contributed by atoms with van der Waals surface area (Å²) >= 11 is 0. The van der Waals surface area contributed by atoms with Gasteiger partial charge in [-0.05, 0) is 0 Å². The van der Waals surface area contributed by atoms with Crippen molar-refractivity contribution in [2.24, 2.45) is 0 Å². The molecule has 0 N–H and O–H groups in total. The van der Waals surface area contributed by atoms with Crippen LogP contribution >= 0.6 is 0 Å². The van der Waals surface area contributed by atoms with E-state index in [9.17, 15) is 0 Å². The Kier molecular flexibility index (Phi) is 11.6. The number of hydrogen-bond donors (Lipinski definition) is 0. The predicted molar refractivity (Wildman–Crippen MR) is 77.5 cm³/mol. The molecule has 0 bridgehead atoms. The van der Waals surface area contributed by atoms with E-state index >= 15 is 0 Å². The molecule has 0 spiro atoms. The fourth-order valence-corrected chi connectivity index (χ4v) is 2.48. The van der Waals surface area contributed by atoms with Crippen LogP contribution in [0.3, 0.4) is 0 Å². The first-order chi connectivity index (χ1) is 7.74. The smallest absolute Gasteiger partial charge is 0.0714 e. The third-order valence-electron chi connectivity index (χ3n) is 3.45. The molecule has 0 aromatic carbocycles. The summed E-state index contributed by atoms with van der Waals surface area (Å²) in [7, 11) is 2.65. The van der Waals surface area contributed by atoms with Crippen molar-refractivity contribution in [1.82, 2.24) is 0 Å². The summed E-state index contributed by atoms with van der Waals surface area (Å²) in [5.41, 5.74) is 0. The summed E-state index contributed by atoms with van der Waals surface area (Å²) in [6.07, 6.45) is 12.5. The quantitative estimate of drug-likeness (QED) is 0.304. The lowest BCUT2D eigenvalue weighted by Crippen LogP contribution is -2.09. The van der Waals surface area contributed by atoms with Gasteiger partial charge in [-0.2, -0.15) is 0 Å². The van der Waals surface area contributed by atoms with Crippen LogP contribution in [-0.4, -0.2) is 7.28 Å². The maximum absolute atomic E-state index is 2.65. The average molecular weight is 223 g/mol. The van der Waals surface area contributed by atoms with Crippen molar-refractivity contribution in [3.05, 3.63) is 0 Å². The fourth-order valence-electron chi connectivity index (χ4n) is 2.48. The van der Waals surface area contributed by atoms with Crippen LogP contribution in [0.4, 0.5) is 0 Å². The molecule has 2 atom stereocenters. The van der Waals surface area contributed by atoms with Crippen LogP contribution in [0.15, 0.2) is 0 Å². The van der Waals surface area contributed by atoms with Crippen LogP contribution in [-0.2, 0) is 0 Å². The highest BCUT2D eigenvalue weighted by Crippen LogP contribution is 2.27. The predicted octanol–water partition coefficient (Wildman–Crippen LogP) is 5.86. The van der Waals surface area contributed by atoms with Crippen molar-refractivity contribution in [2.45, 2.75) is 97.1 Å². The lowest BCUT2D eigenvalue weighted by Gasteiger charge is -2.19. The van der Waals surface area contributed by atoms with E-state index in [2.05, 4.69) is 35.0 Å². The van der Waals surface area contributed by atoms with Crippen molar-refractivity contribution >= 4 is 7.28 Å². The second kappa shape index (κ2) is 11.5. The summed E-state index contributed by atoms with van der Waals surface area (Å²) in [6.45, 7) is 9.29. The zero-order valence-electron chi connectivity index (χ0n) is 12.1. The lowest BCUT2D eigenvalue weighted by atomic mass is 9.52. The molecule has 0 aliphatic carbocycles. The van der Waals surface area contributed by atoms with Crippen LogP contribution in [0.1, 0.15) is 85.5 Å². The number of unbranched alkanes of at least 4 members (excludes halogenated alkanes) is 3. The van der Waals surface area contributed by atoms with Gasteiger partial charge in [0, 0.05) is 0 Å². The normalized spacial score (nSPS) is 14.8. The zero-order chi connectivity index (χ0) is 12.2. The molecular weight excluding hydrogens is 191 g/mol. The molecule has 2 unspecified atom stereocenters. The molecule has 0 heterocycles. The minimum atomic E-state index is 0.827. The molecular formula is C15H32B. The number of rotatable bonds is 11. The van der Waals surface area contributed by atoms with Gasteiger partial charge in [-0.15, -0.1) is 0 Å². The van der Waals surface area contributed by atoms with E-state index in [1.165, 1.54) is 57.8 Å². The topological polar surface area (TPSA) is 0 Å². The first-order valence-electron chi connectivity index (χ1n) is 7.59. The van der Waals surface area contributed by atoms with Gasteiger partial charge in [0.1, 0.15) is 7.28 Å². The molecule has 1 heteroatoms. The second-order valence-corrected chi connectivity index (χ2v) is 5.36. The highest BCUT2D eigenvalue weighted by atomic mass is 14.1. The minimum Gasteiger partial charge on any atom is -0.0714 e. The first-order valence-corrected chi connectivity index (χ1v) is 7.59. The third kappa shape index (κ3) is 9.30. The van der Waals surface area contributed by atoms with Gasteiger partial charge in [0.15, 0.2) is 0 Å². The Hall–Kier alpha value is 0.0649. The molecule has 0 amide bonds. The average Bonchev–Trinajstić information content (AvgIpc) is 2.26. The van der Waals surface area contributed by atoms with Crippen LogP contribution in [0.2, 0.25) is 11.6 Å². The van der Waals surface area contributed by atoms with Gasteiger partial charge in [0.25, 0.3) is 0 Å². The Morgan fingerprint density at radius 2 is 1.38 bits per heavy atom. The summed E-state index contributed by atoms with van der Waals surface area (Å²) in [6, 6.07) is 0. The highest BCUT2D eigenvalue weighted by molar-refractivity contribution is 6.39. The fraction of sp³-hybridized carbons (Fsp3) is 1.00. The van der Waals surface area contributed by atoms with Gasteiger partial charge in [-0.25, -0.2) is 0 Å². The van der Waals surface area contributed by atoms with E-state index in [-0.39, 0.29) is 0 Å². The van der Waals surface area contributed by atoms with Gasteiger partial charge in [-0.3, -0.25) is 0 Å². The van der Waals surface area contributed by atoms with Crippen LogP contribution in [0.25, 0.3) is 0 Å². The number of hydrogen-bond acceptors (Lipinski definition) is 0. The van der Waals surface area contributed by atoms with Gasteiger partial charge in [0.2, 0.25) is 0 Å². The largest absolute Gasteiger partial charge is 0.117 e. The van der Waals surface area contributed by atoms with Crippen molar-refractivity contribution in [3.63, 3.8) is 0 Å². The van der Waals surface area contributed by atoms with Gasteiger partial charge in [0.05, 0.1) is 0 Å². The van der Waals surface area contributed by atoms with E-state index in [4.69, 9.17) is 0 Å². The van der Waals surface area contributed by atoms with Gasteiger partial charge in [-0.1, -0.05) is 97.1 Å². The van der Waals surface area contributed by atoms with E-state index < -0.39 is 0 Å². The third-order valence-corrected chi connectivity index (χ3v) is 3.45. The zero-order valence-corrected chi connectivity index (χ0v) is 12.1. The molecule has 0 saturated heterocycles. The Balaban J connectivity index is 3.78. The molecule has 0 aliphatic heterocycles. The molecule has 0 rings (SSSR count). The Morgan fingerprint density at radius 1 is 0.750 bits per heavy atom. The molecule has 95 valence electrons. The van der Waals surface area contributed by atoms with Crippen molar-refractivity contribution in [1.29, 1.82) is 0 Å². The summed E-state index contributed by atoms with van der Waals surface area (Å²) in [5.74, 6) is 1.72. The Labute approximate surface area is 105 Å². The maximum atomic E-state index is 2.65. The molecule has 0 fully saturated rings. The van der Waals surface area contributed by atoms with E-state index in [1.54, 1.807) is 0 Å². The SMILES string of the molecule is CCCCCC([B]C(C)CCC)CCCC. The highest BCUT2D eigenvalue weighted by Gasteiger charge is 2.13. The Bertz CT molecular complexity index is 133. The molecule has 1 radical (unpaired) electrons. The molecule has 16 heavy (non-hydrogen) atoms. The molecule has 0 nitrogen and oxygen atoms in total. The van der Waals surface area contributed by atoms with Gasteiger partial charge >= 0.3 is 0 Å². The first kappa shape index (κ1) is 16.1. The second-order valence-electron chi connectivity index (χ2n) is 5.36. The van der Waals surface area contributed by atoms with Crippen LogP contribution < -0.4 is 0 Å². The van der Waals surface area contributed by atoms with E-state index in [0.717, 1.165) is 11.6 Å². The molecule has 0 aromatic rings. The molecule has 0 aromatic heterocycles. The maximum Gasteiger partial charge on any atom is 0.117 e. The van der Waals surface area contributed by atoms with E-state index in [0.29, 0.717) is 0 Å². The monoisotopic (exact) mass is 223 g/mol. The summed E-state index contributed by atoms with van der Waals surface area (Å²) in [5, 5.41) is 0. The van der Waals surface area contributed by atoms with Gasteiger partial charge < -0.3 is 0 Å². The standard InChI is InChI=1S/C15H32B/c1-5-8-10-13-15(12-9-6-2)16-14(4)11-7-3/h14-15H,5-13H2,1-4H3. The van der Waals surface area contributed by atoms with Crippen molar-refractivity contribution in [3.8, 4) is 0 Å². The molecule has 0 aliphatic rings. The van der Waals surface area contributed by atoms with Crippen molar-refractivity contribution in [2.75, 3.05) is 0 Å². The van der Waals surface area contributed by atoms with Crippen LogP contribution in [0, 0.1) is 0 Å². The molecule has 0 saturated carbocycles. The summed E-state index contributed by atoms with van der Waals surface area (Å²) < 4.78 is 0. The lowest BCUT2D eigenvalue weighted by molar-refractivity contribution is 0.573. The van der Waals surface area contributed by atoms with Crippen molar-refractivity contribution < 1.29 is 0 Å². The van der Waals surface area contributed by atoms with E-state index in [1.807, 2.05) is 0 Å². The summed E-state index contributed by atoms with van der Waals surface area (Å²) in [4.78, 5) is 0. The van der Waals surface area contributed by atoms with Crippen LogP contribution in [0.5, 0.6) is 0 Å². The Morgan fingerprint density at radius 3 is 1.94 bits per heavy atom. The minimum absolute atomic E-state index is 0.827.